The van der Waals surface area contributed by atoms with Crippen LogP contribution < -0.4 is 10.0 Å². The third-order valence-corrected chi connectivity index (χ3v) is 5.28. The molecule has 112 valence electrons. The molecule has 0 bridgehead atoms. The highest BCUT2D eigenvalue weighted by molar-refractivity contribution is 7.87. The van der Waals surface area contributed by atoms with Gasteiger partial charge in [0.05, 0.1) is 0 Å². The third-order valence-electron chi connectivity index (χ3n) is 3.72. The van der Waals surface area contributed by atoms with Crippen molar-refractivity contribution >= 4 is 22.6 Å². The van der Waals surface area contributed by atoms with Crippen molar-refractivity contribution < 1.29 is 8.42 Å². The van der Waals surface area contributed by atoms with Gasteiger partial charge in [-0.1, -0.05) is 18.6 Å². The van der Waals surface area contributed by atoms with Crippen LogP contribution >= 0.6 is 12.4 Å². The summed E-state index contributed by atoms with van der Waals surface area (Å²) in [5.74, 6) is 0.642. The second-order valence-corrected chi connectivity index (χ2v) is 6.98. The molecule has 2 aliphatic heterocycles. The SMILES string of the molecule is CC1CCN(S(=O)(=O)NCC2=CCNCC2)CC1.Cl. The summed E-state index contributed by atoms with van der Waals surface area (Å²) >= 11 is 0. The number of piperidine rings is 1. The molecule has 0 saturated carbocycles. The molecule has 0 spiro atoms. The first-order valence-corrected chi connectivity index (χ1v) is 8.15. The Labute approximate surface area is 122 Å². The van der Waals surface area contributed by atoms with Gasteiger partial charge in [0.1, 0.15) is 0 Å². The number of halogens is 1. The van der Waals surface area contributed by atoms with E-state index in [4.69, 9.17) is 0 Å². The highest BCUT2D eigenvalue weighted by Crippen LogP contribution is 2.18. The Kier molecular flexibility index (Phi) is 6.76. The summed E-state index contributed by atoms with van der Waals surface area (Å²) in [6.45, 7) is 5.72. The number of hydrogen-bond donors (Lipinski definition) is 2. The Bertz CT molecular complexity index is 403. The fraction of sp³-hybridized carbons (Fsp3) is 0.833. The smallest absolute Gasteiger partial charge is 0.279 e. The summed E-state index contributed by atoms with van der Waals surface area (Å²) in [5, 5.41) is 3.22. The van der Waals surface area contributed by atoms with E-state index in [0.717, 1.165) is 32.4 Å². The van der Waals surface area contributed by atoms with Gasteiger partial charge < -0.3 is 5.32 Å². The van der Waals surface area contributed by atoms with Crippen LogP contribution in [-0.4, -0.2) is 45.4 Å². The fourth-order valence-electron chi connectivity index (χ4n) is 2.33. The quantitative estimate of drug-likeness (QED) is 0.758. The van der Waals surface area contributed by atoms with Gasteiger partial charge in [-0.3, -0.25) is 0 Å². The van der Waals surface area contributed by atoms with Crippen molar-refractivity contribution in [1.82, 2.24) is 14.3 Å². The van der Waals surface area contributed by atoms with Gasteiger partial charge in [-0.15, -0.1) is 12.4 Å². The lowest BCUT2D eigenvalue weighted by atomic mass is 10.0. The van der Waals surface area contributed by atoms with E-state index in [-0.39, 0.29) is 12.4 Å². The Morgan fingerprint density at radius 1 is 1.42 bits per heavy atom. The van der Waals surface area contributed by atoms with E-state index >= 15 is 0 Å². The number of nitrogens with one attached hydrogen (secondary N) is 2. The van der Waals surface area contributed by atoms with Crippen molar-refractivity contribution in [1.29, 1.82) is 0 Å². The summed E-state index contributed by atoms with van der Waals surface area (Å²) < 4.78 is 28.5. The van der Waals surface area contributed by atoms with Crippen molar-refractivity contribution in [3.05, 3.63) is 11.6 Å². The first-order chi connectivity index (χ1) is 8.58. The minimum Gasteiger partial charge on any atom is -0.313 e. The second-order valence-electron chi connectivity index (χ2n) is 5.22. The average Bonchev–Trinajstić information content (AvgIpc) is 2.38. The molecule has 2 N–H and O–H groups in total. The van der Waals surface area contributed by atoms with Gasteiger partial charge in [0.2, 0.25) is 0 Å². The van der Waals surface area contributed by atoms with E-state index in [1.807, 2.05) is 0 Å². The lowest BCUT2D eigenvalue weighted by Gasteiger charge is -2.29. The molecule has 1 fully saturated rings. The van der Waals surface area contributed by atoms with Gasteiger partial charge in [-0.25, -0.2) is 0 Å². The maximum Gasteiger partial charge on any atom is 0.279 e. The molecule has 19 heavy (non-hydrogen) atoms. The molecule has 0 radical (unpaired) electrons. The summed E-state index contributed by atoms with van der Waals surface area (Å²) in [4.78, 5) is 0. The summed E-state index contributed by atoms with van der Waals surface area (Å²) in [6, 6.07) is 0. The van der Waals surface area contributed by atoms with Crippen LogP contribution in [-0.2, 0) is 10.2 Å². The average molecular weight is 310 g/mol. The zero-order valence-corrected chi connectivity index (χ0v) is 13.0. The predicted octanol–water partition coefficient (Wildman–Crippen LogP) is 0.894. The van der Waals surface area contributed by atoms with Crippen LogP contribution in [0.3, 0.4) is 0 Å². The molecule has 2 heterocycles. The van der Waals surface area contributed by atoms with Crippen LogP contribution in [0.1, 0.15) is 26.2 Å². The largest absolute Gasteiger partial charge is 0.313 e. The molecule has 0 aromatic heterocycles. The first kappa shape index (κ1) is 16.9. The molecule has 0 aromatic rings. The zero-order valence-electron chi connectivity index (χ0n) is 11.4. The molecule has 0 atom stereocenters. The van der Waals surface area contributed by atoms with Crippen molar-refractivity contribution in [2.75, 3.05) is 32.7 Å². The Hall–Kier alpha value is -0.140. The van der Waals surface area contributed by atoms with E-state index in [1.54, 1.807) is 4.31 Å². The molecule has 7 heteroatoms. The van der Waals surface area contributed by atoms with Gasteiger partial charge in [-0.05, 0) is 31.7 Å². The summed E-state index contributed by atoms with van der Waals surface area (Å²) in [5.41, 5.74) is 1.18. The van der Waals surface area contributed by atoms with Crippen LogP contribution in [0.15, 0.2) is 11.6 Å². The molecular formula is C12H24ClN3O2S. The molecule has 1 saturated heterocycles. The molecular weight excluding hydrogens is 286 g/mol. The maximum absolute atomic E-state index is 12.1. The molecule has 5 nitrogen and oxygen atoms in total. The Balaban J connectivity index is 0.00000180. The maximum atomic E-state index is 12.1. The van der Waals surface area contributed by atoms with Crippen LogP contribution in [0.2, 0.25) is 0 Å². The van der Waals surface area contributed by atoms with Crippen LogP contribution in [0.25, 0.3) is 0 Å². The van der Waals surface area contributed by atoms with Crippen molar-refractivity contribution in [2.45, 2.75) is 26.2 Å². The number of hydrogen-bond acceptors (Lipinski definition) is 3. The molecule has 0 aromatic carbocycles. The Morgan fingerprint density at radius 2 is 2.11 bits per heavy atom. The van der Waals surface area contributed by atoms with Crippen molar-refractivity contribution in [2.24, 2.45) is 5.92 Å². The van der Waals surface area contributed by atoms with E-state index in [9.17, 15) is 8.42 Å². The second kappa shape index (κ2) is 7.59. The minimum absolute atomic E-state index is 0. The predicted molar refractivity (Wildman–Crippen MR) is 79.7 cm³/mol. The van der Waals surface area contributed by atoms with Crippen LogP contribution in [0.5, 0.6) is 0 Å². The first-order valence-electron chi connectivity index (χ1n) is 6.71. The van der Waals surface area contributed by atoms with Gasteiger partial charge in [0, 0.05) is 26.2 Å². The molecule has 0 aliphatic carbocycles. The van der Waals surface area contributed by atoms with Crippen molar-refractivity contribution in [3.8, 4) is 0 Å². The lowest BCUT2D eigenvalue weighted by molar-refractivity contribution is 0.285. The standard InChI is InChI=1S/C12H23N3O2S.ClH/c1-11-4-8-15(9-5-11)18(16,17)14-10-12-2-6-13-7-3-12;/h2,11,13-14H,3-10H2,1H3;1H. The van der Waals surface area contributed by atoms with Crippen LogP contribution in [0.4, 0.5) is 0 Å². The normalized spacial score (nSPS) is 22.7. The van der Waals surface area contributed by atoms with Crippen molar-refractivity contribution in [3.63, 3.8) is 0 Å². The molecule has 0 amide bonds. The minimum atomic E-state index is -3.28. The summed E-state index contributed by atoms with van der Waals surface area (Å²) in [7, 11) is -3.28. The summed E-state index contributed by atoms with van der Waals surface area (Å²) in [6.07, 6.45) is 4.94. The van der Waals surface area contributed by atoms with Gasteiger partial charge in [-0.2, -0.15) is 17.4 Å². The molecule has 0 unspecified atom stereocenters. The number of nitrogens with zero attached hydrogens (tertiary/aromatic N) is 1. The van der Waals surface area contributed by atoms with E-state index < -0.39 is 10.2 Å². The number of rotatable bonds is 4. The third kappa shape index (κ3) is 5.04. The highest BCUT2D eigenvalue weighted by Gasteiger charge is 2.26. The Morgan fingerprint density at radius 3 is 2.68 bits per heavy atom. The van der Waals surface area contributed by atoms with E-state index in [1.165, 1.54) is 5.57 Å². The van der Waals surface area contributed by atoms with Gasteiger partial charge in [0.25, 0.3) is 10.2 Å². The fourth-order valence-corrected chi connectivity index (χ4v) is 3.57. The van der Waals surface area contributed by atoms with Crippen LogP contribution in [0, 0.1) is 5.92 Å². The topological polar surface area (TPSA) is 61.4 Å². The van der Waals surface area contributed by atoms with E-state index in [0.29, 0.717) is 25.6 Å². The van der Waals surface area contributed by atoms with Gasteiger partial charge >= 0.3 is 0 Å². The highest BCUT2D eigenvalue weighted by atomic mass is 35.5. The van der Waals surface area contributed by atoms with E-state index in [2.05, 4.69) is 23.0 Å². The zero-order chi connectivity index (χ0) is 13.0. The molecule has 2 aliphatic rings. The van der Waals surface area contributed by atoms with Gasteiger partial charge in [0.15, 0.2) is 0 Å². The monoisotopic (exact) mass is 309 g/mol. The lowest BCUT2D eigenvalue weighted by Crippen LogP contribution is -2.45. The molecule has 2 rings (SSSR count).